The third kappa shape index (κ3) is 5.14. The minimum absolute atomic E-state index is 0.0225. The van der Waals surface area contributed by atoms with Gasteiger partial charge < -0.3 is 4.81 Å². The first kappa shape index (κ1) is 14.6. The van der Waals surface area contributed by atoms with Crippen LogP contribution in [0.15, 0.2) is 30.3 Å². The van der Waals surface area contributed by atoms with Gasteiger partial charge in [0.15, 0.2) is 0 Å². The summed E-state index contributed by atoms with van der Waals surface area (Å²) in [5, 5.41) is 0. The molecule has 0 saturated carbocycles. The molecule has 0 atom stereocenters. The highest BCUT2D eigenvalue weighted by Crippen LogP contribution is 2.06. The Hall–Kier alpha value is -0.465. The Labute approximate surface area is 111 Å². The number of nitrogens with zero attached hydrogens (tertiary/aromatic N) is 1. The maximum Gasteiger partial charge on any atom is 0.364 e. The maximum absolute atomic E-state index is 6.57. The van der Waals surface area contributed by atoms with Gasteiger partial charge in [0.05, 0.1) is 0 Å². The van der Waals surface area contributed by atoms with Crippen molar-refractivity contribution >= 4 is 23.2 Å². The van der Waals surface area contributed by atoms with Gasteiger partial charge in [0, 0.05) is 0 Å². The van der Waals surface area contributed by atoms with Gasteiger partial charge in [-0.05, 0) is 31.4 Å². The lowest BCUT2D eigenvalue weighted by atomic mass is 9.78. The van der Waals surface area contributed by atoms with E-state index in [1.165, 1.54) is 31.1 Å². The second-order valence-electron chi connectivity index (χ2n) is 4.49. The SMILES string of the molecule is CCCCN(CCCC)B(Cl)c1ccccc1. The summed E-state index contributed by atoms with van der Waals surface area (Å²) in [4.78, 5) is 2.39. The summed E-state index contributed by atoms with van der Waals surface area (Å²) in [6.07, 6.45) is 4.91. The van der Waals surface area contributed by atoms with Crippen LogP contribution < -0.4 is 5.46 Å². The zero-order chi connectivity index (χ0) is 12.5. The molecule has 94 valence electrons. The van der Waals surface area contributed by atoms with Gasteiger partial charge in [-0.2, -0.15) is 11.5 Å². The quantitative estimate of drug-likeness (QED) is 0.639. The van der Waals surface area contributed by atoms with Gasteiger partial charge in [-0.1, -0.05) is 57.0 Å². The van der Waals surface area contributed by atoms with Crippen molar-refractivity contribution in [2.45, 2.75) is 39.5 Å². The second kappa shape index (κ2) is 8.60. The lowest BCUT2D eigenvalue weighted by Crippen LogP contribution is -2.45. The summed E-state index contributed by atoms with van der Waals surface area (Å²) in [7, 11) is 0. The Morgan fingerprint density at radius 2 is 1.53 bits per heavy atom. The van der Waals surface area contributed by atoms with E-state index in [0.717, 1.165) is 13.1 Å². The Morgan fingerprint density at radius 3 is 2.00 bits per heavy atom. The summed E-state index contributed by atoms with van der Waals surface area (Å²) in [5.41, 5.74) is 1.21. The molecule has 0 aliphatic heterocycles. The van der Waals surface area contributed by atoms with Gasteiger partial charge in [0.1, 0.15) is 0 Å². The molecular weight excluding hydrogens is 228 g/mol. The Kier molecular flexibility index (Phi) is 7.38. The second-order valence-corrected chi connectivity index (χ2v) is 4.90. The normalized spacial score (nSPS) is 10.8. The zero-order valence-electron chi connectivity index (χ0n) is 11.0. The largest absolute Gasteiger partial charge is 0.364 e. The number of unbranched alkanes of at least 4 members (excludes halogenated alkanes) is 2. The van der Waals surface area contributed by atoms with Crippen molar-refractivity contribution in [3.8, 4) is 0 Å². The van der Waals surface area contributed by atoms with Crippen LogP contribution in [0.2, 0.25) is 0 Å². The molecule has 0 N–H and O–H groups in total. The van der Waals surface area contributed by atoms with Crippen LogP contribution in [0.3, 0.4) is 0 Å². The predicted molar refractivity (Wildman–Crippen MR) is 79.1 cm³/mol. The fourth-order valence-corrected chi connectivity index (χ4v) is 2.22. The van der Waals surface area contributed by atoms with E-state index in [1.54, 1.807) is 0 Å². The van der Waals surface area contributed by atoms with Crippen molar-refractivity contribution in [1.29, 1.82) is 0 Å². The molecular formula is C14H23BClN. The van der Waals surface area contributed by atoms with Gasteiger partial charge in [-0.3, -0.25) is 0 Å². The summed E-state index contributed by atoms with van der Waals surface area (Å²) in [5.74, 6) is 0. The molecule has 1 aromatic carbocycles. The molecule has 1 aromatic rings. The van der Waals surface area contributed by atoms with Crippen molar-refractivity contribution in [1.82, 2.24) is 4.81 Å². The Balaban J connectivity index is 2.61. The Morgan fingerprint density at radius 1 is 1.00 bits per heavy atom. The van der Waals surface area contributed by atoms with Crippen LogP contribution in [-0.4, -0.2) is 24.2 Å². The lowest BCUT2D eigenvalue weighted by Gasteiger charge is -2.25. The molecule has 0 heterocycles. The summed E-state index contributed by atoms with van der Waals surface area (Å²) in [6, 6.07) is 10.4. The standard InChI is InChI=1S/C14H23BClN/c1-3-5-12-17(13-6-4-2)15(16)14-10-8-7-9-11-14/h7-11H,3-6,12-13H2,1-2H3. The van der Waals surface area contributed by atoms with Crippen LogP contribution in [0.5, 0.6) is 0 Å². The smallest absolute Gasteiger partial charge is 0.325 e. The molecule has 0 unspecified atom stereocenters. The van der Waals surface area contributed by atoms with E-state index in [4.69, 9.17) is 11.5 Å². The van der Waals surface area contributed by atoms with E-state index in [1.807, 2.05) is 6.07 Å². The number of halogens is 1. The van der Waals surface area contributed by atoms with E-state index < -0.39 is 0 Å². The molecule has 0 amide bonds. The van der Waals surface area contributed by atoms with Gasteiger partial charge >= 0.3 is 6.26 Å². The fraction of sp³-hybridized carbons (Fsp3) is 0.571. The van der Waals surface area contributed by atoms with Crippen LogP contribution in [-0.2, 0) is 0 Å². The third-order valence-electron chi connectivity index (χ3n) is 2.99. The van der Waals surface area contributed by atoms with Crippen LogP contribution in [0.4, 0.5) is 0 Å². The molecule has 0 bridgehead atoms. The third-order valence-corrected chi connectivity index (χ3v) is 3.52. The molecule has 0 aromatic heterocycles. The molecule has 0 aliphatic carbocycles. The average Bonchev–Trinajstić information content (AvgIpc) is 2.39. The van der Waals surface area contributed by atoms with Crippen LogP contribution in [0.25, 0.3) is 0 Å². The van der Waals surface area contributed by atoms with Crippen molar-refractivity contribution in [3.05, 3.63) is 30.3 Å². The molecule has 0 aliphatic rings. The molecule has 0 radical (unpaired) electrons. The topological polar surface area (TPSA) is 3.24 Å². The summed E-state index contributed by atoms with van der Waals surface area (Å²) >= 11 is 6.57. The molecule has 0 spiro atoms. The summed E-state index contributed by atoms with van der Waals surface area (Å²) < 4.78 is 0. The van der Waals surface area contributed by atoms with E-state index in [-0.39, 0.29) is 6.26 Å². The van der Waals surface area contributed by atoms with E-state index in [2.05, 4.69) is 42.9 Å². The molecule has 17 heavy (non-hydrogen) atoms. The van der Waals surface area contributed by atoms with Crippen LogP contribution in [0, 0.1) is 0 Å². The van der Waals surface area contributed by atoms with Crippen molar-refractivity contribution < 1.29 is 0 Å². The first-order chi connectivity index (χ1) is 8.29. The van der Waals surface area contributed by atoms with E-state index in [9.17, 15) is 0 Å². The number of benzene rings is 1. The molecule has 1 rings (SSSR count). The fourth-order valence-electron chi connectivity index (χ4n) is 1.88. The van der Waals surface area contributed by atoms with Crippen molar-refractivity contribution in [3.63, 3.8) is 0 Å². The molecule has 0 fully saturated rings. The van der Waals surface area contributed by atoms with E-state index in [0.29, 0.717) is 0 Å². The highest BCUT2D eigenvalue weighted by molar-refractivity contribution is 7.12. The minimum atomic E-state index is 0.0225. The summed E-state index contributed by atoms with van der Waals surface area (Å²) in [6.45, 7) is 6.65. The van der Waals surface area contributed by atoms with Gasteiger partial charge in [-0.25, -0.2) is 0 Å². The average molecular weight is 252 g/mol. The van der Waals surface area contributed by atoms with Gasteiger partial charge in [-0.15, -0.1) is 0 Å². The van der Waals surface area contributed by atoms with Crippen molar-refractivity contribution in [2.75, 3.05) is 13.1 Å². The number of hydrogen-bond donors (Lipinski definition) is 0. The van der Waals surface area contributed by atoms with Gasteiger partial charge in [0.2, 0.25) is 0 Å². The Bertz CT molecular complexity index is 284. The molecule has 1 nitrogen and oxygen atoms in total. The first-order valence-corrected chi connectivity index (χ1v) is 7.16. The number of hydrogen-bond acceptors (Lipinski definition) is 1. The monoisotopic (exact) mass is 251 g/mol. The first-order valence-electron chi connectivity index (χ1n) is 6.72. The minimum Gasteiger partial charge on any atom is -0.325 e. The van der Waals surface area contributed by atoms with Crippen molar-refractivity contribution in [2.24, 2.45) is 0 Å². The van der Waals surface area contributed by atoms with Crippen LogP contribution >= 0.6 is 11.5 Å². The van der Waals surface area contributed by atoms with Crippen LogP contribution in [0.1, 0.15) is 39.5 Å². The predicted octanol–water partition coefficient (Wildman–Crippen LogP) is 3.52. The number of rotatable bonds is 8. The highest BCUT2D eigenvalue weighted by Gasteiger charge is 2.21. The highest BCUT2D eigenvalue weighted by atomic mass is 35.5. The lowest BCUT2D eigenvalue weighted by molar-refractivity contribution is 0.420. The van der Waals surface area contributed by atoms with E-state index >= 15 is 0 Å². The molecule has 3 heteroatoms. The maximum atomic E-state index is 6.57. The zero-order valence-corrected chi connectivity index (χ0v) is 11.8. The molecule has 0 saturated heterocycles. The van der Waals surface area contributed by atoms with Gasteiger partial charge in [0.25, 0.3) is 0 Å².